The molecule has 5 nitrogen and oxygen atoms in total. The number of likely N-dealkylation sites (tertiary alicyclic amines) is 1. The van der Waals surface area contributed by atoms with Gasteiger partial charge in [0.1, 0.15) is 11.4 Å². The van der Waals surface area contributed by atoms with E-state index in [9.17, 15) is 4.79 Å². The predicted molar refractivity (Wildman–Crippen MR) is 102 cm³/mol. The van der Waals surface area contributed by atoms with E-state index in [4.69, 9.17) is 4.74 Å². The summed E-state index contributed by atoms with van der Waals surface area (Å²) < 4.78 is 5.52. The summed E-state index contributed by atoms with van der Waals surface area (Å²) in [6, 6.07) is 4.38. The van der Waals surface area contributed by atoms with Gasteiger partial charge >= 0.3 is 6.09 Å². The van der Waals surface area contributed by atoms with Crippen molar-refractivity contribution in [3.05, 3.63) is 23.9 Å². The predicted octanol–water partition coefficient (Wildman–Crippen LogP) is 4.64. The lowest BCUT2D eigenvalue weighted by molar-refractivity contribution is 0.0587. The van der Waals surface area contributed by atoms with Crippen molar-refractivity contribution in [2.75, 3.05) is 25.0 Å². The van der Waals surface area contributed by atoms with E-state index in [-0.39, 0.29) is 6.09 Å². The quantitative estimate of drug-likeness (QED) is 0.796. The molecular weight excluding hydrogens is 314 g/mol. The molecule has 1 atom stereocenters. The second-order valence-electron chi connectivity index (χ2n) is 8.36. The summed E-state index contributed by atoms with van der Waals surface area (Å²) >= 11 is 0. The molecule has 0 bridgehead atoms. The van der Waals surface area contributed by atoms with E-state index in [2.05, 4.69) is 29.8 Å². The molecule has 2 heterocycles. The Morgan fingerprint density at radius 3 is 2.76 bits per heavy atom. The SMILES string of the molecule is CC(C)CN1CCCCC1c1cccnc1N(C)C(=O)OC(C)(C)C. The summed E-state index contributed by atoms with van der Waals surface area (Å²) in [7, 11) is 1.75. The van der Waals surface area contributed by atoms with Gasteiger partial charge in [-0.1, -0.05) is 26.3 Å². The summed E-state index contributed by atoms with van der Waals surface area (Å²) in [5, 5.41) is 0. The molecular formula is C20H33N3O2. The monoisotopic (exact) mass is 347 g/mol. The van der Waals surface area contributed by atoms with Crippen LogP contribution in [0, 0.1) is 5.92 Å². The first-order valence-corrected chi connectivity index (χ1v) is 9.34. The van der Waals surface area contributed by atoms with E-state index < -0.39 is 5.60 Å². The van der Waals surface area contributed by atoms with E-state index >= 15 is 0 Å². The smallest absolute Gasteiger partial charge is 0.415 e. The molecule has 0 spiro atoms. The second-order valence-corrected chi connectivity index (χ2v) is 8.36. The Kier molecular flexibility index (Phi) is 6.44. The maximum atomic E-state index is 12.5. The number of aromatic nitrogens is 1. The van der Waals surface area contributed by atoms with Crippen molar-refractivity contribution >= 4 is 11.9 Å². The highest BCUT2D eigenvalue weighted by Crippen LogP contribution is 2.35. The molecule has 0 saturated carbocycles. The molecule has 25 heavy (non-hydrogen) atoms. The third-order valence-corrected chi connectivity index (χ3v) is 4.37. The van der Waals surface area contributed by atoms with Crippen LogP contribution in [-0.2, 0) is 4.74 Å². The first kappa shape index (κ1) is 19.7. The lowest BCUT2D eigenvalue weighted by Crippen LogP contribution is -2.39. The van der Waals surface area contributed by atoms with Crippen LogP contribution in [0.4, 0.5) is 10.6 Å². The Morgan fingerprint density at radius 2 is 2.12 bits per heavy atom. The molecule has 0 radical (unpaired) electrons. The molecule has 0 aliphatic carbocycles. The fraction of sp³-hybridized carbons (Fsp3) is 0.700. The van der Waals surface area contributed by atoms with Crippen LogP contribution in [0.25, 0.3) is 0 Å². The van der Waals surface area contributed by atoms with Crippen LogP contribution in [-0.4, -0.2) is 41.7 Å². The summed E-state index contributed by atoms with van der Waals surface area (Å²) in [5.74, 6) is 1.32. The van der Waals surface area contributed by atoms with Crippen molar-refractivity contribution in [3.8, 4) is 0 Å². The Bertz CT molecular complexity index is 581. The number of hydrogen-bond acceptors (Lipinski definition) is 4. The number of anilines is 1. The zero-order valence-electron chi connectivity index (χ0n) is 16.6. The van der Waals surface area contributed by atoms with E-state index in [1.165, 1.54) is 12.8 Å². The number of nitrogens with zero attached hydrogens (tertiary/aromatic N) is 3. The fourth-order valence-corrected chi connectivity index (χ4v) is 3.40. The lowest BCUT2D eigenvalue weighted by Gasteiger charge is -2.38. The van der Waals surface area contributed by atoms with Gasteiger partial charge in [-0.15, -0.1) is 0 Å². The fourth-order valence-electron chi connectivity index (χ4n) is 3.40. The van der Waals surface area contributed by atoms with Gasteiger partial charge in [0.25, 0.3) is 0 Å². The summed E-state index contributed by atoms with van der Waals surface area (Å²) in [4.78, 5) is 21.1. The highest BCUT2D eigenvalue weighted by Gasteiger charge is 2.30. The number of amides is 1. The van der Waals surface area contributed by atoms with Gasteiger partial charge in [-0.2, -0.15) is 0 Å². The molecule has 0 aromatic carbocycles. The summed E-state index contributed by atoms with van der Waals surface area (Å²) in [5.41, 5.74) is 0.602. The number of rotatable bonds is 4. The highest BCUT2D eigenvalue weighted by molar-refractivity contribution is 5.87. The normalized spacial score (nSPS) is 19.1. The molecule has 0 N–H and O–H groups in total. The molecule has 1 aliphatic rings. The highest BCUT2D eigenvalue weighted by atomic mass is 16.6. The van der Waals surface area contributed by atoms with Crippen LogP contribution in [0.15, 0.2) is 18.3 Å². The van der Waals surface area contributed by atoms with Crippen molar-refractivity contribution in [3.63, 3.8) is 0 Å². The first-order valence-electron chi connectivity index (χ1n) is 9.34. The van der Waals surface area contributed by atoms with Crippen molar-refractivity contribution in [1.82, 2.24) is 9.88 Å². The molecule has 2 rings (SSSR count). The maximum Gasteiger partial charge on any atom is 0.415 e. The van der Waals surface area contributed by atoms with Gasteiger partial charge in [0, 0.05) is 31.4 Å². The van der Waals surface area contributed by atoms with Crippen molar-refractivity contribution in [2.24, 2.45) is 5.92 Å². The first-order chi connectivity index (χ1) is 11.7. The summed E-state index contributed by atoms with van der Waals surface area (Å²) in [6.45, 7) is 12.3. The van der Waals surface area contributed by atoms with E-state index in [0.29, 0.717) is 17.8 Å². The van der Waals surface area contributed by atoms with Crippen molar-refractivity contribution in [1.29, 1.82) is 0 Å². The minimum atomic E-state index is -0.519. The van der Waals surface area contributed by atoms with Crippen LogP contribution >= 0.6 is 0 Å². The number of carbonyl (C=O) groups excluding carboxylic acids is 1. The lowest BCUT2D eigenvalue weighted by atomic mass is 9.94. The number of hydrogen-bond donors (Lipinski definition) is 0. The van der Waals surface area contributed by atoms with Gasteiger partial charge in [0.2, 0.25) is 0 Å². The Morgan fingerprint density at radius 1 is 1.40 bits per heavy atom. The van der Waals surface area contributed by atoms with E-state index in [1.807, 2.05) is 26.8 Å². The van der Waals surface area contributed by atoms with Gasteiger partial charge in [0.15, 0.2) is 0 Å². The third-order valence-electron chi connectivity index (χ3n) is 4.37. The standard InChI is InChI=1S/C20H33N3O2/c1-15(2)14-23-13-8-7-11-17(23)16-10-9-12-21-18(16)22(6)19(24)25-20(3,4)5/h9-10,12,15,17H,7-8,11,13-14H2,1-6H3. The largest absolute Gasteiger partial charge is 0.443 e. The van der Waals surface area contributed by atoms with Gasteiger partial charge in [-0.25, -0.2) is 9.78 Å². The van der Waals surface area contributed by atoms with Gasteiger partial charge in [0.05, 0.1) is 0 Å². The maximum absolute atomic E-state index is 12.5. The molecule has 5 heteroatoms. The van der Waals surface area contributed by atoms with Crippen molar-refractivity contribution in [2.45, 2.75) is 65.5 Å². The second kappa shape index (κ2) is 8.17. The molecule has 1 aromatic heterocycles. The molecule has 1 saturated heterocycles. The average molecular weight is 348 g/mol. The number of piperidine rings is 1. The molecule has 140 valence electrons. The van der Waals surface area contributed by atoms with Gasteiger partial charge in [-0.05, 0) is 52.1 Å². The topological polar surface area (TPSA) is 45.7 Å². The van der Waals surface area contributed by atoms with E-state index in [0.717, 1.165) is 25.1 Å². The van der Waals surface area contributed by atoms with Gasteiger partial charge < -0.3 is 4.74 Å². The van der Waals surface area contributed by atoms with Crippen LogP contribution in [0.5, 0.6) is 0 Å². The zero-order chi connectivity index (χ0) is 18.6. The Labute approximate surface area is 152 Å². The average Bonchev–Trinajstić information content (AvgIpc) is 2.52. The molecule has 1 unspecified atom stereocenters. The molecule has 1 aromatic rings. The summed E-state index contributed by atoms with van der Waals surface area (Å²) in [6.07, 6.45) is 4.94. The number of carbonyl (C=O) groups is 1. The van der Waals surface area contributed by atoms with Crippen LogP contribution in [0.2, 0.25) is 0 Å². The van der Waals surface area contributed by atoms with E-state index in [1.54, 1.807) is 18.1 Å². The number of ether oxygens (including phenoxy) is 1. The van der Waals surface area contributed by atoms with Crippen LogP contribution in [0.3, 0.4) is 0 Å². The Balaban J connectivity index is 2.28. The molecule has 1 amide bonds. The Hall–Kier alpha value is -1.62. The zero-order valence-corrected chi connectivity index (χ0v) is 16.6. The van der Waals surface area contributed by atoms with Gasteiger partial charge in [-0.3, -0.25) is 9.80 Å². The van der Waals surface area contributed by atoms with Crippen LogP contribution < -0.4 is 4.90 Å². The van der Waals surface area contributed by atoms with Crippen molar-refractivity contribution < 1.29 is 9.53 Å². The van der Waals surface area contributed by atoms with Crippen LogP contribution in [0.1, 0.15) is 65.5 Å². The molecule has 1 fully saturated rings. The third kappa shape index (κ3) is 5.43. The minimum absolute atomic E-state index is 0.310. The minimum Gasteiger partial charge on any atom is -0.443 e. The number of pyridine rings is 1. The molecule has 1 aliphatic heterocycles.